The van der Waals surface area contributed by atoms with E-state index < -0.39 is 9.84 Å². The van der Waals surface area contributed by atoms with E-state index in [4.69, 9.17) is 0 Å². The summed E-state index contributed by atoms with van der Waals surface area (Å²) < 4.78 is 22.5. The predicted molar refractivity (Wildman–Crippen MR) is 52.2 cm³/mol. The lowest BCUT2D eigenvalue weighted by Gasteiger charge is -2.01. The molecule has 1 aromatic carbocycles. The molecule has 0 aliphatic heterocycles. The first-order valence-electron chi connectivity index (χ1n) is 4.34. The molecule has 1 aliphatic carbocycles. The number of carbonyl (C=O) groups excluding carboxylic acids is 1. The summed E-state index contributed by atoms with van der Waals surface area (Å²) in [5, 5.41) is 0. The monoisotopic (exact) mass is 210 g/mol. The first-order valence-corrected chi connectivity index (χ1v) is 6.24. The van der Waals surface area contributed by atoms with E-state index in [0.29, 0.717) is 12.0 Å². The Morgan fingerprint density at radius 3 is 2.57 bits per heavy atom. The number of hydrogen-bond acceptors (Lipinski definition) is 3. The van der Waals surface area contributed by atoms with E-state index in [0.717, 1.165) is 18.2 Å². The fourth-order valence-corrected chi connectivity index (χ4v) is 2.29. The Kier molecular flexibility index (Phi) is 1.96. The Bertz CT molecular complexity index is 500. The number of fused-ring (bicyclic) bond motifs is 1. The minimum atomic E-state index is -3.20. The van der Waals surface area contributed by atoms with Gasteiger partial charge in [0, 0.05) is 18.2 Å². The van der Waals surface area contributed by atoms with Crippen LogP contribution >= 0.6 is 0 Å². The molecular formula is C10H10O3S. The molecule has 0 atom stereocenters. The fraction of sp³-hybridized carbons (Fsp3) is 0.300. The lowest BCUT2D eigenvalue weighted by Crippen LogP contribution is -2.00. The summed E-state index contributed by atoms with van der Waals surface area (Å²) >= 11 is 0. The third-order valence-corrected chi connectivity index (χ3v) is 3.54. The van der Waals surface area contributed by atoms with Gasteiger partial charge in [-0.1, -0.05) is 6.07 Å². The Balaban J connectivity index is 2.61. The van der Waals surface area contributed by atoms with Crippen LogP contribution in [0.1, 0.15) is 22.3 Å². The fourth-order valence-electron chi connectivity index (χ4n) is 1.65. The van der Waals surface area contributed by atoms with Crippen molar-refractivity contribution < 1.29 is 13.2 Å². The zero-order chi connectivity index (χ0) is 10.3. The largest absolute Gasteiger partial charge is 0.294 e. The normalized spacial score (nSPS) is 15.6. The SMILES string of the molecule is CS(=O)(=O)c1ccc2c(c1)C(=O)CC2. The van der Waals surface area contributed by atoms with Gasteiger partial charge >= 0.3 is 0 Å². The summed E-state index contributed by atoms with van der Waals surface area (Å²) in [4.78, 5) is 11.6. The van der Waals surface area contributed by atoms with Crippen molar-refractivity contribution in [2.45, 2.75) is 17.7 Å². The average Bonchev–Trinajstić information content (AvgIpc) is 2.46. The van der Waals surface area contributed by atoms with Crippen LogP contribution in [0.15, 0.2) is 23.1 Å². The molecular weight excluding hydrogens is 200 g/mol. The number of ketones is 1. The van der Waals surface area contributed by atoms with Crippen molar-refractivity contribution in [1.29, 1.82) is 0 Å². The second-order valence-electron chi connectivity index (χ2n) is 3.51. The molecule has 0 unspecified atom stereocenters. The number of aryl methyl sites for hydroxylation is 1. The second-order valence-corrected chi connectivity index (χ2v) is 5.53. The molecule has 0 fully saturated rings. The van der Waals surface area contributed by atoms with E-state index in [1.165, 1.54) is 6.07 Å². The molecule has 0 aromatic heterocycles. The van der Waals surface area contributed by atoms with Gasteiger partial charge in [-0.05, 0) is 24.1 Å². The quantitative estimate of drug-likeness (QED) is 0.700. The van der Waals surface area contributed by atoms with Crippen LogP contribution in [0.25, 0.3) is 0 Å². The van der Waals surface area contributed by atoms with E-state index in [1.54, 1.807) is 12.1 Å². The Morgan fingerprint density at radius 1 is 1.21 bits per heavy atom. The number of benzene rings is 1. The lowest BCUT2D eigenvalue weighted by atomic mass is 10.1. The maximum atomic E-state index is 11.3. The van der Waals surface area contributed by atoms with Crippen LogP contribution in [0.3, 0.4) is 0 Å². The summed E-state index contributed by atoms with van der Waals surface area (Å²) in [5.74, 6) is 0.0468. The molecule has 1 aromatic rings. The molecule has 3 nitrogen and oxygen atoms in total. The number of rotatable bonds is 1. The van der Waals surface area contributed by atoms with E-state index in [1.807, 2.05) is 0 Å². The second kappa shape index (κ2) is 2.92. The van der Waals surface area contributed by atoms with Gasteiger partial charge in [0.1, 0.15) is 0 Å². The Morgan fingerprint density at radius 2 is 1.93 bits per heavy atom. The summed E-state index contributed by atoms with van der Waals surface area (Å²) in [6.07, 6.45) is 2.38. The Labute approximate surface area is 82.7 Å². The minimum absolute atomic E-state index is 0.0468. The van der Waals surface area contributed by atoms with Crippen molar-refractivity contribution in [2.24, 2.45) is 0 Å². The topological polar surface area (TPSA) is 51.2 Å². The van der Waals surface area contributed by atoms with E-state index in [2.05, 4.69) is 0 Å². The van der Waals surface area contributed by atoms with Gasteiger partial charge in [-0.25, -0.2) is 8.42 Å². The van der Waals surface area contributed by atoms with Crippen molar-refractivity contribution in [3.63, 3.8) is 0 Å². The molecule has 2 rings (SSSR count). The molecule has 0 amide bonds. The highest BCUT2D eigenvalue weighted by molar-refractivity contribution is 7.90. The zero-order valence-electron chi connectivity index (χ0n) is 7.78. The molecule has 14 heavy (non-hydrogen) atoms. The predicted octanol–water partition coefficient (Wildman–Crippen LogP) is 1.22. The minimum Gasteiger partial charge on any atom is -0.294 e. The summed E-state index contributed by atoms with van der Waals surface area (Å²) in [7, 11) is -3.20. The van der Waals surface area contributed by atoms with Crippen molar-refractivity contribution in [3.05, 3.63) is 29.3 Å². The smallest absolute Gasteiger partial charge is 0.175 e. The molecule has 0 radical (unpaired) electrons. The number of Topliss-reactive ketones (excluding diaryl/α,β-unsaturated/α-hetero) is 1. The van der Waals surface area contributed by atoms with Crippen LogP contribution in [0.5, 0.6) is 0 Å². The van der Waals surface area contributed by atoms with Crippen LogP contribution in [0.4, 0.5) is 0 Å². The van der Waals surface area contributed by atoms with Gasteiger partial charge in [0.2, 0.25) is 0 Å². The molecule has 0 saturated carbocycles. The molecule has 0 saturated heterocycles. The summed E-state index contributed by atoms with van der Waals surface area (Å²) in [6.45, 7) is 0. The highest BCUT2D eigenvalue weighted by Crippen LogP contribution is 2.24. The van der Waals surface area contributed by atoms with Crippen LogP contribution < -0.4 is 0 Å². The number of carbonyl (C=O) groups is 1. The van der Waals surface area contributed by atoms with Gasteiger partial charge in [-0.2, -0.15) is 0 Å². The third kappa shape index (κ3) is 1.46. The van der Waals surface area contributed by atoms with E-state index in [-0.39, 0.29) is 10.7 Å². The van der Waals surface area contributed by atoms with E-state index in [9.17, 15) is 13.2 Å². The molecule has 4 heteroatoms. The van der Waals surface area contributed by atoms with E-state index >= 15 is 0 Å². The highest BCUT2D eigenvalue weighted by Gasteiger charge is 2.21. The van der Waals surface area contributed by atoms with Crippen LogP contribution in [0.2, 0.25) is 0 Å². The number of sulfone groups is 1. The van der Waals surface area contributed by atoms with Crippen molar-refractivity contribution in [1.82, 2.24) is 0 Å². The van der Waals surface area contributed by atoms with Gasteiger partial charge in [0.25, 0.3) is 0 Å². The zero-order valence-corrected chi connectivity index (χ0v) is 8.60. The molecule has 0 heterocycles. The van der Waals surface area contributed by atoms with Crippen molar-refractivity contribution in [3.8, 4) is 0 Å². The van der Waals surface area contributed by atoms with Crippen LogP contribution in [-0.2, 0) is 16.3 Å². The standard InChI is InChI=1S/C10H10O3S/c1-14(12,13)8-4-2-7-3-5-10(11)9(7)6-8/h2,4,6H,3,5H2,1H3. The number of hydrogen-bond donors (Lipinski definition) is 0. The maximum Gasteiger partial charge on any atom is 0.175 e. The van der Waals surface area contributed by atoms with Gasteiger partial charge in [-0.3, -0.25) is 4.79 Å². The molecule has 0 bridgehead atoms. The summed E-state index contributed by atoms with van der Waals surface area (Å²) in [6, 6.07) is 4.78. The molecule has 1 aliphatic rings. The van der Waals surface area contributed by atoms with Crippen LogP contribution in [-0.4, -0.2) is 20.5 Å². The third-order valence-electron chi connectivity index (χ3n) is 2.43. The molecule has 74 valence electrons. The Hall–Kier alpha value is -1.16. The first kappa shape index (κ1) is 9.40. The summed E-state index contributed by atoms with van der Waals surface area (Å²) in [5.41, 5.74) is 1.54. The first-order chi connectivity index (χ1) is 6.48. The average molecular weight is 210 g/mol. The highest BCUT2D eigenvalue weighted by atomic mass is 32.2. The molecule has 0 N–H and O–H groups in total. The van der Waals surface area contributed by atoms with Gasteiger partial charge in [0.05, 0.1) is 4.90 Å². The maximum absolute atomic E-state index is 11.3. The van der Waals surface area contributed by atoms with Gasteiger partial charge < -0.3 is 0 Å². The van der Waals surface area contributed by atoms with Crippen LogP contribution in [0, 0.1) is 0 Å². The van der Waals surface area contributed by atoms with Gasteiger partial charge in [0.15, 0.2) is 15.6 Å². The van der Waals surface area contributed by atoms with Gasteiger partial charge in [-0.15, -0.1) is 0 Å². The van der Waals surface area contributed by atoms with Crippen molar-refractivity contribution in [2.75, 3.05) is 6.26 Å². The van der Waals surface area contributed by atoms with Crippen molar-refractivity contribution >= 4 is 15.6 Å². The molecule has 0 spiro atoms. The lowest BCUT2D eigenvalue weighted by molar-refractivity contribution is 0.0994.